The maximum absolute atomic E-state index is 13.0. The van der Waals surface area contributed by atoms with E-state index in [0.29, 0.717) is 12.8 Å². The van der Waals surface area contributed by atoms with E-state index in [1.165, 1.54) is 135 Å². The van der Waals surface area contributed by atoms with Gasteiger partial charge in [0.15, 0.2) is 18.7 Å². The topological polar surface area (TPSA) is 231 Å². The fourth-order valence-electron chi connectivity index (χ4n) is 8.80. The Kier molecular flexibility index (Phi) is 38.8. The molecule has 0 spiro atoms. The van der Waals surface area contributed by atoms with Crippen molar-refractivity contribution >= 4 is 11.9 Å². The molecule has 70 heavy (non-hydrogen) atoms. The van der Waals surface area contributed by atoms with Gasteiger partial charge < -0.3 is 64.2 Å². The molecule has 15 heteroatoms. The van der Waals surface area contributed by atoms with E-state index in [0.717, 1.165) is 44.9 Å². The average molecular weight is 1000 g/mol. The summed E-state index contributed by atoms with van der Waals surface area (Å²) in [5.41, 5.74) is 0. The van der Waals surface area contributed by atoms with E-state index in [1.54, 1.807) is 0 Å². The Morgan fingerprint density at radius 3 is 1.27 bits per heavy atom. The number of carbonyl (C=O) groups is 2. The van der Waals surface area contributed by atoms with Gasteiger partial charge >= 0.3 is 11.9 Å². The highest BCUT2D eigenvalue weighted by Crippen LogP contribution is 2.27. The Balaban J connectivity index is 1.77. The molecule has 2 rings (SSSR count). The van der Waals surface area contributed by atoms with Gasteiger partial charge in [-0.3, -0.25) is 9.59 Å². The highest BCUT2D eigenvalue weighted by atomic mass is 16.7. The van der Waals surface area contributed by atoms with Crippen LogP contribution < -0.4 is 0 Å². The summed E-state index contributed by atoms with van der Waals surface area (Å²) in [5.74, 6) is -0.938. The van der Waals surface area contributed by atoms with Crippen molar-refractivity contribution in [1.82, 2.24) is 0 Å². The lowest BCUT2D eigenvalue weighted by Gasteiger charge is -2.42. The molecule has 2 aliphatic rings. The van der Waals surface area contributed by atoms with E-state index in [4.69, 9.17) is 28.4 Å². The van der Waals surface area contributed by atoms with Crippen LogP contribution in [0.5, 0.6) is 0 Å². The molecule has 0 saturated carbocycles. The monoisotopic (exact) mass is 1000 g/mol. The van der Waals surface area contributed by atoms with E-state index in [1.807, 2.05) is 0 Å². The highest BCUT2D eigenvalue weighted by molar-refractivity contribution is 5.70. The van der Waals surface area contributed by atoms with Crippen LogP contribution in [0.1, 0.15) is 219 Å². The highest BCUT2D eigenvalue weighted by Gasteiger charge is 2.47. The standard InChI is InChI=1S/C55H100O15/c1-3-5-7-9-11-13-15-17-19-20-21-22-24-25-27-29-31-33-35-37-46(57)65-40-43(68-47(58)38-36-34-32-30-28-26-23-18-16-14-12-10-8-6-4-2)41-66-54-53(64)51(62)49(60)45(70-54)42-67-55-52(63)50(61)48(59)44(39-56)69-55/h17,19,26,28,43-45,48-56,59-64H,3-16,18,20-25,27,29-42H2,1-2H3/b19-17+,28-26+/t43-,44+,45+,48-,49-,50?,51?,52?,53?,54+,55+/m0/s1. The maximum atomic E-state index is 13.0. The zero-order chi connectivity index (χ0) is 51.0. The summed E-state index contributed by atoms with van der Waals surface area (Å²) in [6.07, 6.45) is 27.7. The van der Waals surface area contributed by atoms with Crippen LogP contribution in [0.15, 0.2) is 24.3 Å². The van der Waals surface area contributed by atoms with Gasteiger partial charge in [0.05, 0.1) is 19.8 Å². The van der Waals surface area contributed by atoms with E-state index >= 15 is 0 Å². The Morgan fingerprint density at radius 2 is 0.814 bits per heavy atom. The Morgan fingerprint density at radius 1 is 0.443 bits per heavy atom. The summed E-state index contributed by atoms with van der Waals surface area (Å²) in [7, 11) is 0. The van der Waals surface area contributed by atoms with Gasteiger partial charge in [0.2, 0.25) is 0 Å². The van der Waals surface area contributed by atoms with Crippen molar-refractivity contribution in [3.05, 3.63) is 24.3 Å². The molecular formula is C55H100O15. The second-order valence-corrected chi connectivity index (χ2v) is 19.8. The number of aliphatic hydroxyl groups is 7. The van der Waals surface area contributed by atoms with Gasteiger partial charge in [-0.25, -0.2) is 0 Å². The summed E-state index contributed by atoms with van der Waals surface area (Å²) in [4.78, 5) is 25.8. The number of aliphatic hydroxyl groups excluding tert-OH is 7. The van der Waals surface area contributed by atoms with Gasteiger partial charge in [0, 0.05) is 12.8 Å². The fraction of sp³-hybridized carbons (Fsp3) is 0.891. The molecule has 11 atom stereocenters. The second-order valence-electron chi connectivity index (χ2n) is 19.8. The molecule has 7 N–H and O–H groups in total. The van der Waals surface area contributed by atoms with Crippen molar-refractivity contribution in [2.24, 2.45) is 0 Å². The zero-order valence-corrected chi connectivity index (χ0v) is 43.5. The first-order valence-corrected chi connectivity index (χ1v) is 27.9. The van der Waals surface area contributed by atoms with Crippen LogP contribution in [0.25, 0.3) is 0 Å². The molecule has 4 unspecified atom stereocenters. The molecule has 2 fully saturated rings. The summed E-state index contributed by atoms with van der Waals surface area (Å²) >= 11 is 0. The molecule has 0 aromatic carbocycles. The smallest absolute Gasteiger partial charge is 0.306 e. The normalized spacial score (nSPS) is 25.5. The largest absolute Gasteiger partial charge is 0.462 e. The van der Waals surface area contributed by atoms with Crippen LogP contribution in [0.3, 0.4) is 0 Å². The lowest BCUT2D eigenvalue weighted by molar-refractivity contribution is -0.332. The summed E-state index contributed by atoms with van der Waals surface area (Å²) in [6.45, 7) is 2.59. The number of carbonyl (C=O) groups excluding carboxylic acids is 2. The first-order chi connectivity index (χ1) is 34.0. The fourth-order valence-corrected chi connectivity index (χ4v) is 8.80. The molecule has 0 aromatic heterocycles. The minimum atomic E-state index is -1.77. The maximum Gasteiger partial charge on any atom is 0.306 e. The third-order valence-electron chi connectivity index (χ3n) is 13.4. The van der Waals surface area contributed by atoms with Gasteiger partial charge in [-0.15, -0.1) is 0 Å². The van der Waals surface area contributed by atoms with Crippen LogP contribution in [-0.2, 0) is 38.0 Å². The van der Waals surface area contributed by atoms with Crippen molar-refractivity contribution in [1.29, 1.82) is 0 Å². The van der Waals surface area contributed by atoms with Crippen LogP contribution in [0.4, 0.5) is 0 Å². The lowest BCUT2D eigenvalue weighted by atomic mass is 9.98. The van der Waals surface area contributed by atoms with Gasteiger partial charge in [0.1, 0.15) is 55.4 Å². The molecule has 2 aliphatic heterocycles. The molecule has 410 valence electrons. The Labute approximate surface area is 422 Å². The zero-order valence-electron chi connectivity index (χ0n) is 43.5. The predicted octanol–water partition coefficient (Wildman–Crippen LogP) is 8.72. The molecule has 0 aromatic rings. The van der Waals surface area contributed by atoms with Crippen molar-refractivity contribution in [3.63, 3.8) is 0 Å². The number of ether oxygens (including phenoxy) is 6. The first-order valence-electron chi connectivity index (χ1n) is 27.9. The third kappa shape index (κ3) is 29.6. The van der Waals surface area contributed by atoms with E-state index < -0.39 is 92.7 Å². The van der Waals surface area contributed by atoms with Crippen LogP contribution in [0.2, 0.25) is 0 Å². The van der Waals surface area contributed by atoms with Crippen molar-refractivity contribution in [3.8, 4) is 0 Å². The van der Waals surface area contributed by atoms with Crippen molar-refractivity contribution in [2.45, 2.75) is 287 Å². The molecule has 0 aliphatic carbocycles. The van der Waals surface area contributed by atoms with E-state index in [2.05, 4.69) is 38.2 Å². The van der Waals surface area contributed by atoms with Crippen LogP contribution in [0, 0.1) is 0 Å². The molecular weight excluding hydrogens is 901 g/mol. The van der Waals surface area contributed by atoms with Gasteiger partial charge in [0.25, 0.3) is 0 Å². The summed E-state index contributed by atoms with van der Waals surface area (Å²) in [5, 5.41) is 72.2. The number of allylic oxidation sites excluding steroid dienone is 4. The number of hydrogen-bond acceptors (Lipinski definition) is 15. The second kappa shape index (κ2) is 42.3. The molecule has 2 heterocycles. The van der Waals surface area contributed by atoms with E-state index in [-0.39, 0.29) is 26.1 Å². The van der Waals surface area contributed by atoms with Gasteiger partial charge in [-0.05, 0) is 64.2 Å². The molecule has 0 amide bonds. The number of esters is 2. The quantitative estimate of drug-likeness (QED) is 0.0172. The minimum Gasteiger partial charge on any atom is -0.462 e. The summed E-state index contributed by atoms with van der Waals surface area (Å²) in [6, 6.07) is 0. The Bertz CT molecular complexity index is 1310. The summed E-state index contributed by atoms with van der Waals surface area (Å²) < 4.78 is 33.6. The van der Waals surface area contributed by atoms with Crippen molar-refractivity contribution in [2.75, 3.05) is 26.4 Å². The lowest BCUT2D eigenvalue weighted by Crippen LogP contribution is -2.61. The average Bonchev–Trinajstić information content (AvgIpc) is 3.35. The molecule has 0 bridgehead atoms. The SMILES string of the molecule is CCCCCCCC/C=C/CCCCCCCCCCCC(=O)OC[C@@H](CO[C@@H]1O[C@H](CO[C@@H]2O[C@H](CO)[C@H](O)C(O)C2O)[C@H](O)C(O)C1O)OC(=O)CCCCC/C=C/CCCCCCCCCC. The number of rotatable bonds is 44. The van der Waals surface area contributed by atoms with E-state index in [9.17, 15) is 45.3 Å². The van der Waals surface area contributed by atoms with Gasteiger partial charge in [-0.2, -0.15) is 0 Å². The molecule has 15 nitrogen and oxygen atoms in total. The first kappa shape index (κ1) is 64.1. The number of hydrogen-bond donors (Lipinski definition) is 7. The third-order valence-corrected chi connectivity index (χ3v) is 13.4. The molecule has 0 radical (unpaired) electrons. The molecule has 2 saturated heterocycles. The van der Waals surface area contributed by atoms with Gasteiger partial charge in [-0.1, -0.05) is 167 Å². The van der Waals surface area contributed by atoms with Crippen LogP contribution >= 0.6 is 0 Å². The number of unbranched alkanes of at least 4 members (excludes halogenated alkanes) is 26. The Hall–Kier alpha value is -2.02. The predicted molar refractivity (Wildman–Crippen MR) is 271 cm³/mol. The van der Waals surface area contributed by atoms with Crippen LogP contribution in [-0.4, -0.2) is 142 Å². The van der Waals surface area contributed by atoms with Crippen molar-refractivity contribution < 1.29 is 73.8 Å². The minimum absolute atomic E-state index is 0.147.